The summed E-state index contributed by atoms with van der Waals surface area (Å²) in [5, 5.41) is 0.310. The van der Waals surface area contributed by atoms with E-state index >= 15 is 0 Å². The first-order valence-corrected chi connectivity index (χ1v) is 10.4. The molecule has 0 aliphatic carbocycles. The zero-order valence-corrected chi connectivity index (χ0v) is 18.4. The summed E-state index contributed by atoms with van der Waals surface area (Å²) in [4.78, 5) is 43.4. The maximum Gasteiger partial charge on any atom is 0.348 e. The largest absolute Gasteiger partial charge is 0.461 e. The quantitative estimate of drug-likeness (QED) is 0.432. The van der Waals surface area contributed by atoms with Crippen LogP contribution in [0.3, 0.4) is 0 Å². The standard InChI is InChI=1S/C22H23FN2O4S/c1-11(2)10-29-22(28)19-13(4)18-20(30-19)24-14(5)25(21(18)27)9-17(26)15-6-7-16(23)12(3)8-15/h6-8,11H,9-10H2,1-5H3. The van der Waals surface area contributed by atoms with Crippen LogP contribution in [0, 0.1) is 32.5 Å². The number of ketones is 1. The summed E-state index contributed by atoms with van der Waals surface area (Å²) in [5.41, 5.74) is 0.790. The number of nitrogens with zero attached hydrogens (tertiary/aromatic N) is 2. The lowest BCUT2D eigenvalue weighted by Crippen LogP contribution is -2.27. The SMILES string of the molecule is Cc1cc(C(=O)Cn2c(C)nc3sc(C(=O)OCC(C)C)c(C)c3c2=O)ccc1F. The van der Waals surface area contributed by atoms with E-state index in [0.717, 1.165) is 11.3 Å². The molecule has 0 bridgehead atoms. The smallest absolute Gasteiger partial charge is 0.348 e. The molecular weight excluding hydrogens is 407 g/mol. The number of carbonyl (C=O) groups excluding carboxylic acids is 2. The maximum absolute atomic E-state index is 13.5. The van der Waals surface area contributed by atoms with E-state index in [9.17, 15) is 18.8 Å². The van der Waals surface area contributed by atoms with Gasteiger partial charge in [-0.3, -0.25) is 14.2 Å². The van der Waals surface area contributed by atoms with Gasteiger partial charge in [0.15, 0.2) is 5.78 Å². The number of Topliss-reactive ketones (excluding diaryl/α,β-unsaturated/α-hetero) is 1. The highest BCUT2D eigenvalue weighted by Crippen LogP contribution is 2.28. The van der Waals surface area contributed by atoms with Gasteiger partial charge in [0, 0.05) is 5.56 Å². The summed E-state index contributed by atoms with van der Waals surface area (Å²) in [6.07, 6.45) is 0. The van der Waals surface area contributed by atoms with Crippen molar-refractivity contribution in [3.05, 3.63) is 61.8 Å². The Balaban J connectivity index is 1.99. The second-order valence-electron chi connectivity index (χ2n) is 7.67. The summed E-state index contributed by atoms with van der Waals surface area (Å²) < 4.78 is 20.1. The van der Waals surface area contributed by atoms with Gasteiger partial charge >= 0.3 is 5.97 Å². The molecule has 6 nitrogen and oxygen atoms in total. The lowest BCUT2D eigenvalue weighted by molar-refractivity contribution is 0.0464. The Bertz CT molecular complexity index is 1210. The van der Waals surface area contributed by atoms with Crippen LogP contribution in [0.2, 0.25) is 0 Å². The van der Waals surface area contributed by atoms with Crippen molar-refractivity contribution >= 4 is 33.3 Å². The number of fused-ring (bicyclic) bond motifs is 1. The van der Waals surface area contributed by atoms with E-state index < -0.39 is 11.8 Å². The van der Waals surface area contributed by atoms with Crippen molar-refractivity contribution in [1.29, 1.82) is 0 Å². The van der Waals surface area contributed by atoms with E-state index in [4.69, 9.17) is 4.74 Å². The summed E-state index contributed by atoms with van der Waals surface area (Å²) in [5.74, 6) is -0.640. The molecule has 0 aliphatic rings. The van der Waals surface area contributed by atoms with Gasteiger partial charge in [-0.15, -0.1) is 11.3 Å². The number of aryl methyl sites for hydroxylation is 3. The normalized spacial score (nSPS) is 11.3. The maximum atomic E-state index is 13.5. The fourth-order valence-corrected chi connectivity index (χ4v) is 4.17. The van der Waals surface area contributed by atoms with Gasteiger partial charge in [-0.2, -0.15) is 0 Å². The number of hydrogen-bond acceptors (Lipinski definition) is 6. The molecule has 0 aliphatic heterocycles. The van der Waals surface area contributed by atoms with E-state index in [1.54, 1.807) is 20.8 Å². The zero-order chi connectivity index (χ0) is 22.2. The van der Waals surface area contributed by atoms with Crippen LogP contribution in [0.4, 0.5) is 4.39 Å². The fraction of sp³-hybridized carbons (Fsp3) is 0.364. The number of thiophene rings is 1. The van der Waals surface area contributed by atoms with Crippen molar-refractivity contribution in [2.75, 3.05) is 6.61 Å². The number of rotatable bonds is 6. The molecule has 3 aromatic rings. The minimum atomic E-state index is -0.481. The highest BCUT2D eigenvalue weighted by atomic mass is 32.1. The van der Waals surface area contributed by atoms with Crippen LogP contribution in [0.5, 0.6) is 0 Å². The van der Waals surface area contributed by atoms with E-state index in [0.29, 0.717) is 37.6 Å². The van der Waals surface area contributed by atoms with Gasteiger partial charge in [-0.25, -0.2) is 14.2 Å². The first-order chi connectivity index (χ1) is 14.1. The second-order valence-corrected chi connectivity index (χ2v) is 8.67. The van der Waals surface area contributed by atoms with Crippen LogP contribution in [-0.4, -0.2) is 27.9 Å². The highest BCUT2D eigenvalue weighted by Gasteiger charge is 2.22. The Morgan fingerprint density at radius 3 is 2.57 bits per heavy atom. The Morgan fingerprint density at radius 2 is 1.93 bits per heavy atom. The molecule has 2 heterocycles. The number of hydrogen-bond donors (Lipinski definition) is 0. The van der Waals surface area contributed by atoms with Crippen LogP contribution in [-0.2, 0) is 11.3 Å². The molecule has 158 valence electrons. The number of ether oxygens (including phenoxy) is 1. The topological polar surface area (TPSA) is 78.3 Å². The minimum Gasteiger partial charge on any atom is -0.461 e. The molecule has 0 radical (unpaired) electrons. The predicted octanol–water partition coefficient (Wildman–Crippen LogP) is 4.22. The highest BCUT2D eigenvalue weighted by molar-refractivity contribution is 7.20. The predicted molar refractivity (Wildman–Crippen MR) is 114 cm³/mol. The van der Waals surface area contributed by atoms with E-state index in [1.807, 2.05) is 13.8 Å². The summed E-state index contributed by atoms with van der Waals surface area (Å²) in [7, 11) is 0. The lowest BCUT2D eigenvalue weighted by Gasteiger charge is -2.09. The number of halogens is 1. The van der Waals surface area contributed by atoms with Crippen molar-refractivity contribution in [2.45, 2.75) is 41.2 Å². The van der Waals surface area contributed by atoms with Crippen LogP contribution >= 0.6 is 11.3 Å². The zero-order valence-electron chi connectivity index (χ0n) is 17.5. The molecule has 0 atom stereocenters. The molecule has 3 rings (SSSR count). The van der Waals surface area contributed by atoms with Crippen molar-refractivity contribution < 1.29 is 18.7 Å². The summed E-state index contributed by atoms with van der Waals surface area (Å²) in [6.45, 7) is 8.83. The van der Waals surface area contributed by atoms with Crippen LogP contribution in [0.1, 0.15) is 50.8 Å². The van der Waals surface area contributed by atoms with Crippen LogP contribution in [0.15, 0.2) is 23.0 Å². The molecule has 30 heavy (non-hydrogen) atoms. The Hall–Kier alpha value is -2.87. The van der Waals surface area contributed by atoms with Crippen LogP contribution in [0.25, 0.3) is 10.2 Å². The third kappa shape index (κ3) is 4.18. The Labute approximate surface area is 177 Å². The minimum absolute atomic E-state index is 0.197. The summed E-state index contributed by atoms with van der Waals surface area (Å²) >= 11 is 1.11. The molecule has 2 aromatic heterocycles. The molecule has 8 heteroatoms. The first kappa shape index (κ1) is 21.8. The number of benzene rings is 1. The van der Waals surface area contributed by atoms with Gasteiger partial charge in [-0.05, 0) is 56.0 Å². The van der Waals surface area contributed by atoms with E-state index in [2.05, 4.69) is 4.98 Å². The van der Waals surface area contributed by atoms with Gasteiger partial charge in [0.2, 0.25) is 0 Å². The van der Waals surface area contributed by atoms with Crippen molar-refractivity contribution in [3.8, 4) is 0 Å². The second kappa shape index (κ2) is 8.47. The van der Waals surface area contributed by atoms with Gasteiger partial charge in [0.05, 0.1) is 18.5 Å². The molecule has 1 aromatic carbocycles. The lowest BCUT2D eigenvalue weighted by atomic mass is 10.1. The summed E-state index contributed by atoms with van der Waals surface area (Å²) in [6, 6.07) is 4.09. The Kier molecular flexibility index (Phi) is 6.17. The van der Waals surface area contributed by atoms with Crippen molar-refractivity contribution in [2.24, 2.45) is 5.92 Å². The van der Waals surface area contributed by atoms with Gasteiger partial charge in [0.1, 0.15) is 21.3 Å². The van der Waals surface area contributed by atoms with E-state index in [-0.39, 0.29) is 30.4 Å². The number of carbonyl (C=O) groups is 2. The van der Waals surface area contributed by atoms with Crippen LogP contribution < -0.4 is 5.56 Å². The molecular formula is C22H23FN2O4S. The molecule has 0 unspecified atom stereocenters. The molecule has 0 saturated heterocycles. The first-order valence-electron chi connectivity index (χ1n) is 9.57. The Morgan fingerprint density at radius 1 is 1.23 bits per heavy atom. The molecule has 0 spiro atoms. The molecule has 0 fully saturated rings. The number of esters is 1. The average Bonchev–Trinajstić information content (AvgIpc) is 3.01. The average molecular weight is 431 g/mol. The molecule has 0 saturated carbocycles. The van der Waals surface area contributed by atoms with Gasteiger partial charge in [-0.1, -0.05) is 13.8 Å². The van der Waals surface area contributed by atoms with Crippen molar-refractivity contribution in [3.63, 3.8) is 0 Å². The third-order valence-corrected chi connectivity index (χ3v) is 5.92. The monoisotopic (exact) mass is 430 g/mol. The van der Waals surface area contributed by atoms with Gasteiger partial charge in [0.25, 0.3) is 5.56 Å². The van der Waals surface area contributed by atoms with Crippen molar-refractivity contribution in [1.82, 2.24) is 9.55 Å². The molecule has 0 amide bonds. The van der Waals surface area contributed by atoms with Gasteiger partial charge < -0.3 is 4.74 Å². The fourth-order valence-electron chi connectivity index (χ4n) is 3.06. The molecule has 0 N–H and O–H groups in total. The number of aromatic nitrogens is 2. The third-order valence-electron chi connectivity index (χ3n) is 4.76. The van der Waals surface area contributed by atoms with E-state index in [1.165, 1.54) is 22.8 Å².